The lowest BCUT2D eigenvalue weighted by Crippen LogP contribution is -2.11. The Morgan fingerprint density at radius 1 is 1.12 bits per heavy atom. The van der Waals surface area contributed by atoms with Crippen LogP contribution >= 0.6 is 11.3 Å². The third-order valence-electron chi connectivity index (χ3n) is 3.66. The van der Waals surface area contributed by atoms with Gasteiger partial charge in [-0.1, -0.05) is 5.16 Å². The molecule has 0 bridgehead atoms. The molecule has 3 heterocycles. The van der Waals surface area contributed by atoms with Crippen LogP contribution in [0.15, 0.2) is 63.5 Å². The average Bonchev–Trinajstić information content (AvgIpc) is 3.36. The molecule has 0 spiro atoms. The molecule has 1 aromatic carbocycles. The van der Waals surface area contributed by atoms with Gasteiger partial charge >= 0.3 is 0 Å². The minimum Gasteiger partial charge on any atom is -0.356 e. The average molecular weight is 386 g/mol. The molecule has 0 fully saturated rings. The van der Waals surface area contributed by atoms with Gasteiger partial charge in [0.2, 0.25) is 0 Å². The Hall–Kier alpha value is -2.91. The van der Waals surface area contributed by atoms with Crippen LogP contribution in [0.5, 0.6) is 0 Å². The maximum absolute atomic E-state index is 12.6. The largest absolute Gasteiger partial charge is 0.356 e. The monoisotopic (exact) mass is 386 g/mol. The van der Waals surface area contributed by atoms with Gasteiger partial charge in [0, 0.05) is 23.0 Å². The van der Waals surface area contributed by atoms with Gasteiger partial charge in [0.1, 0.15) is 9.90 Å². The van der Waals surface area contributed by atoms with Crippen molar-refractivity contribution in [1.29, 1.82) is 0 Å². The molecule has 26 heavy (non-hydrogen) atoms. The number of nitrogens with zero attached hydrogens (tertiary/aromatic N) is 2. The molecule has 0 unspecified atom stereocenters. The van der Waals surface area contributed by atoms with Crippen LogP contribution in [-0.4, -0.2) is 23.8 Å². The van der Waals surface area contributed by atoms with Crippen molar-refractivity contribution in [3.8, 4) is 21.9 Å². The van der Waals surface area contributed by atoms with E-state index in [0.717, 1.165) is 21.8 Å². The smallest absolute Gasteiger partial charge is 0.271 e. The van der Waals surface area contributed by atoms with E-state index < -0.39 is 10.0 Å². The first-order valence-electron chi connectivity index (χ1n) is 7.67. The fraction of sp³-hybridized carbons (Fsp3) is 0.0588. The molecule has 4 aromatic rings. The molecule has 9 heteroatoms. The molecular formula is C17H14N4O3S2. The second-order valence-electron chi connectivity index (χ2n) is 5.61. The van der Waals surface area contributed by atoms with E-state index >= 15 is 0 Å². The summed E-state index contributed by atoms with van der Waals surface area (Å²) in [6, 6.07) is 13.8. The van der Waals surface area contributed by atoms with Crippen LogP contribution in [0.2, 0.25) is 0 Å². The first-order chi connectivity index (χ1) is 12.5. The van der Waals surface area contributed by atoms with Crippen molar-refractivity contribution in [2.75, 3.05) is 4.72 Å². The number of anilines is 1. The zero-order valence-corrected chi connectivity index (χ0v) is 15.3. The van der Waals surface area contributed by atoms with E-state index in [1.807, 2.05) is 13.0 Å². The number of rotatable bonds is 5. The predicted octanol–water partition coefficient (Wildman–Crippen LogP) is 3.90. The van der Waals surface area contributed by atoms with E-state index in [9.17, 15) is 8.42 Å². The summed E-state index contributed by atoms with van der Waals surface area (Å²) in [6.07, 6.45) is 1.56. The Labute approximate surface area is 153 Å². The van der Waals surface area contributed by atoms with Gasteiger partial charge < -0.3 is 4.52 Å². The van der Waals surface area contributed by atoms with Crippen LogP contribution in [0.25, 0.3) is 21.9 Å². The number of hydrogen-bond acceptors (Lipinski definition) is 6. The fourth-order valence-corrected chi connectivity index (χ4v) is 4.74. The number of benzene rings is 1. The van der Waals surface area contributed by atoms with Crippen molar-refractivity contribution >= 4 is 27.0 Å². The third-order valence-corrected chi connectivity index (χ3v) is 6.64. The molecule has 7 nitrogen and oxygen atoms in total. The lowest BCUT2D eigenvalue weighted by Gasteiger charge is -2.06. The van der Waals surface area contributed by atoms with Gasteiger partial charge in [0.15, 0.2) is 5.76 Å². The van der Waals surface area contributed by atoms with Gasteiger partial charge in [-0.3, -0.25) is 9.82 Å². The Morgan fingerprint density at radius 3 is 2.58 bits per heavy atom. The number of hydrogen-bond donors (Lipinski definition) is 2. The van der Waals surface area contributed by atoms with Gasteiger partial charge in [0.05, 0.1) is 11.1 Å². The zero-order valence-electron chi connectivity index (χ0n) is 13.6. The van der Waals surface area contributed by atoms with Crippen LogP contribution in [-0.2, 0) is 10.0 Å². The van der Waals surface area contributed by atoms with Crippen LogP contribution in [0.1, 0.15) is 5.69 Å². The first-order valence-corrected chi connectivity index (χ1v) is 9.97. The second kappa shape index (κ2) is 6.43. The molecule has 0 atom stereocenters. The third kappa shape index (κ3) is 3.26. The highest BCUT2D eigenvalue weighted by atomic mass is 32.2. The van der Waals surface area contributed by atoms with Crippen LogP contribution in [0, 0.1) is 6.92 Å². The van der Waals surface area contributed by atoms with Gasteiger partial charge in [-0.2, -0.15) is 5.10 Å². The van der Waals surface area contributed by atoms with E-state index in [1.54, 1.807) is 48.7 Å². The summed E-state index contributed by atoms with van der Waals surface area (Å²) >= 11 is 1.17. The molecule has 0 amide bonds. The van der Waals surface area contributed by atoms with E-state index in [0.29, 0.717) is 11.4 Å². The topological polar surface area (TPSA) is 101 Å². The van der Waals surface area contributed by atoms with Gasteiger partial charge in [-0.05, 0) is 49.4 Å². The number of aromatic nitrogens is 3. The zero-order chi connectivity index (χ0) is 18.1. The van der Waals surface area contributed by atoms with Crippen LogP contribution in [0.3, 0.4) is 0 Å². The van der Waals surface area contributed by atoms with Crippen molar-refractivity contribution in [2.45, 2.75) is 11.1 Å². The summed E-state index contributed by atoms with van der Waals surface area (Å²) in [4.78, 5) is 0.787. The molecule has 3 aromatic heterocycles. The van der Waals surface area contributed by atoms with Crippen LogP contribution < -0.4 is 4.72 Å². The summed E-state index contributed by atoms with van der Waals surface area (Å²) in [7, 11) is -3.67. The summed E-state index contributed by atoms with van der Waals surface area (Å²) < 4.78 is 33.1. The number of aromatic amines is 1. The van der Waals surface area contributed by atoms with E-state index in [-0.39, 0.29) is 4.21 Å². The highest BCUT2D eigenvalue weighted by molar-refractivity contribution is 7.94. The normalized spacial score (nSPS) is 11.6. The van der Waals surface area contributed by atoms with Gasteiger partial charge in [-0.25, -0.2) is 8.42 Å². The van der Waals surface area contributed by atoms with Crippen molar-refractivity contribution < 1.29 is 12.9 Å². The Bertz CT molecular complexity index is 1130. The molecule has 0 saturated carbocycles. The summed E-state index contributed by atoms with van der Waals surface area (Å²) in [5.74, 6) is 0.622. The summed E-state index contributed by atoms with van der Waals surface area (Å²) in [5, 5.41) is 10.7. The van der Waals surface area contributed by atoms with E-state index in [1.165, 1.54) is 11.3 Å². The standard InChI is InChI=1S/C17H14N4O3S2/c1-11-10-14(20-19-11)16-6-7-17(25-16)26(22,23)21-13-4-2-12(3-5-13)15-8-9-18-24-15/h2-10,21H,1H3,(H,19,20). The minimum atomic E-state index is -3.67. The molecule has 0 radical (unpaired) electrons. The molecule has 4 rings (SSSR count). The fourth-order valence-electron chi connectivity index (χ4n) is 2.42. The van der Waals surface area contributed by atoms with Gasteiger partial charge in [0.25, 0.3) is 10.0 Å². The number of sulfonamides is 1. The molecule has 0 aliphatic carbocycles. The van der Waals surface area contributed by atoms with E-state index in [4.69, 9.17) is 4.52 Å². The molecule has 2 N–H and O–H groups in total. The van der Waals surface area contributed by atoms with Crippen molar-refractivity contribution in [2.24, 2.45) is 0 Å². The lowest BCUT2D eigenvalue weighted by molar-refractivity contribution is 0.432. The van der Waals surface area contributed by atoms with Crippen molar-refractivity contribution in [3.05, 3.63) is 60.4 Å². The number of H-pyrrole nitrogens is 1. The first kappa shape index (κ1) is 16.6. The Morgan fingerprint density at radius 2 is 1.92 bits per heavy atom. The van der Waals surface area contributed by atoms with Crippen molar-refractivity contribution in [3.63, 3.8) is 0 Å². The van der Waals surface area contributed by atoms with Crippen LogP contribution in [0.4, 0.5) is 5.69 Å². The summed E-state index contributed by atoms with van der Waals surface area (Å²) in [5.41, 5.74) is 2.93. The maximum atomic E-state index is 12.6. The number of aryl methyl sites for hydroxylation is 1. The number of nitrogens with one attached hydrogen (secondary N) is 2. The van der Waals surface area contributed by atoms with Gasteiger partial charge in [-0.15, -0.1) is 11.3 Å². The highest BCUT2D eigenvalue weighted by Gasteiger charge is 2.18. The van der Waals surface area contributed by atoms with E-state index in [2.05, 4.69) is 20.1 Å². The second-order valence-corrected chi connectivity index (χ2v) is 8.61. The molecule has 132 valence electrons. The Kier molecular flexibility index (Phi) is 4.09. The molecule has 0 saturated heterocycles. The predicted molar refractivity (Wildman–Crippen MR) is 99.4 cm³/mol. The van der Waals surface area contributed by atoms with Crippen molar-refractivity contribution in [1.82, 2.24) is 15.4 Å². The Balaban J connectivity index is 1.55. The quantitative estimate of drug-likeness (QED) is 0.542. The molecular weight excluding hydrogens is 372 g/mol. The lowest BCUT2D eigenvalue weighted by atomic mass is 10.1. The molecule has 0 aliphatic rings. The molecule has 0 aliphatic heterocycles. The number of thiophene rings is 1. The maximum Gasteiger partial charge on any atom is 0.271 e. The minimum absolute atomic E-state index is 0.229. The highest BCUT2D eigenvalue weighted by Crippen LogP contribution is 2.31. The summed E-state index contributed by atoms with van der Waals surface area (Å²) in [6.45, 7) is 1.89. The SMILES string of the molecule is Cc1cc(-c2ccc(S(=O)(=O)Nc3ccc(-c4ccno4)cc3)s2)n[nH]1.